The predicted molar refractivity (Wildman–Crippen MR) is 186 cm³/mol. The number of hydrogen-bond acceptors (Lipinski definition) is 9. The molecule has 3 aromatic carbocycles. The average molecular weight is 646 g/mol. The van der Waals surface area contributed by atoms with Gasteiger partial charge in [-0.15, -0.1) is 0 Å². The SMILES string of the molecule is Cc1cccc2cccc(N3CCc4c(nc(OCC5CCCN5C)nc4N4CCN(C(=O)OCc5ccccc5)C(CC#N)C4)C3)c12. The van der Waals surface area contributed by atoms with E-state index in [4.69, 9.17) is 19.4 Å². The van der Waals surface area contributed by atoms with Gasteiger partial charge in [-0.25, -0.2) is 4.79 Å². The van der Waals surface area contributed by atoms with E-state index >= 15 is 0 Å². The number of aryl methyl sites for hydroxylation is 1. The quantitative estimate of drug-likeness (QED) is 0.239. The highest BCUT2D eigenvalue weighted by Gasteiger charge is 2.35. The molecule has 2 atom stereocenters. The monoisotopic (exact) mass is 645 g/mol. The minimum absolute atomic E-state index is 0.197. The maximum Gasteiger partial charge on any atom is 0.410 e. The van der Waals surface area contributed by atoms with E-state index in [0.717, 1.165) is 48.6 Å². The van der Waals surface area contributed by atoms with Gasteiger partial charge in [-0.3, -0.25) is 0 Å². The number of aromatic nitrogens is 2. The average Bonchev–Trinajstić information content (AvgIpc) is 3.53. The first kappa shape index (κ1) is 31.7. The number of carbonyl (C=O) groups excluding carboxylic acids is 1. The fraction of sp³-hybridized carbons (Fsp3) is 0.421. The van der Waals surface area contributed by atoms with Crippen molar-refractivity contribution in [3.05, 3.63) is 89.1 Å². The Kier molecular flexibility index (Phi) is 9.30. The lowest BCUT2D eigenvalue weighted by Gasteiger charge is -2.42. The fourth-order valence-electron chi connectivity index (χ4n) is 7.42. The summed E-state index contributed by atoms with van der Waals surface area (Å²) in [6.07, 6.45) is 2.85. The van der Waals surface area contributed by atoms with E-state index in [2.05, 4.69) is 71.1 Å². The van der Waals surface area contributed by atoms with E-state index in [1.165, 1.54) is 28.4 Å². The minimum Gasteiger partial charge on any atom is -0.462 e. The van der Waals surface area contributed by atoms with Gasteiger partial charge in [0.1, 0.15) is 19.0 Å². The van der Waals surface area contributed by atoms with Crippen LogP contribution in [0.4, 0.5) is 16.3 Å². The van der Waals surface area contributed by atoms with Crippen LogP contribution in [0.1, 0.15) is 41.6 Å². The number of ether oxygens (including phenoxy) is 2. The number of hydrogen-bond donors (Lipinski definition) is 0. The van der Waals surface area contributed by atoms with Crippen LogP contribution in [-0.4, -0.2) is 84.3 Å². The standard InChI is InChI=1S/C38H43N7O3/c1-27-9-6-12-29-13-7-15-34(35(27)29)43-20-17-32-33(24-43)40-37(47-26-31-14-8-19-42(31)2)41-36(32)44-21-22-45(30(23-44)16-18-39)38(46)48-25-28-10-4-3-5-11-28/h3-7,9-13,15,30-31H,8,14,16-17,19-26H2,1-2H3. The van der Waals surface area contributed by atoms with Gasteiger partial charge in [0, 0.05) is 48.9 Å². The molecule has 0 N–H and O–H groups in total. The number of nitrogens with zero attached hydrogens (tertiary/aromatic N) is 7. The van der Waals surface area contributed by atoms with Crippen LogP contribution in [0.25, 0.3) is 10.8 Å². The lowest BCUT2D eigenvalue weighted by atomic mass is 9.99. The lowest BCUT2D eigenvalue weighted by Crippen LogP contribution is -2.55. The number of fused-ring (bicyclic) bond motifs is 2. The van der Waals surface area contributed by atoms with E-state index in [1.54, 1.807) is 4.90 Å². The molecular weight excluding hydrogens is 602 g/mol. The second-order valence-corrected chi connectivity index (χ2v) is 13.2. The largest absolute Gasteiger partial charge is 0.462 e. The molecule has 3 aliphatic heterocycles. The molecule has 2 saturated heterocycles. The van der Waals surface area contributed by atoms with Crippen molar-refractivity contribution < 1.29 is 14.3 Å². The maximum atomic E-state index is 13.2. The Bertz CT molecular complexity index is 1800. The zero-order valence-corrected chi connectivity index (χ0v) is 27.8. The molecular formula is C38H43N7O3. The maximum absolute atomic E-state index is 13.2. The number of carbonyl (C=O) groups is 1. The molecule has 2 unspecified atom stereocenters. The smallest absolute Gasteiger partial charge is 0.410 e. The molecule has 0 aliphatic carbocycles. The Morgan fingerprint density at radius 3 is 2.58 bits per heavy atom. The van der Waals surface area contributed by atoms with Crippen LogP contribution in [0.15, 0.2) is 66.7 Å². The Labute approximate surface area is 282 Å². The Balaban J connectivity index is 1.16. The van der Waals surface area contributed by atoms with Crippen molar-refractivity contribution >= 4 is 28.4 Å². The van der Waals surface area contributed by atoms with Gasteiger partial charge in [-0.05, 0) is 62.4 Å². The van der Waals surface area contributed by atoms with Gasteiger partial charge < -0.3 is 29.1 Å². The molecule has 248 valence electrons. The van der Waals surface area contributed by atoms with Gasteiger partial charge >= 0.3 is 12.1 Å². The van der Waals surface area contributed by atoms with Gasteiger partial charge in [0.2, 0.25) is 0 Å². The summed E-state index contributed by atoms with van der Waals surface area (Å²) in [4.78, 5) is 32.0. The number of nitriles is 1. The Morgan fingerprint density at radius 2 is 1.79 bits per heavy atom. The highest BCUT2D eigenvalue weighted by atomic mass is 16.6. The summed E-state index contributed by atoms with van der Waals surface area (Å²) in [6.45, 7) is 6.94. The van der Waals surface area contributed by atoms with E-state index in [9.17, 15) is 10.1 Å². The van der Waals surface area contributed by atoms with E-state index in [-0.39, 0.29) is 19.1 Å². The Hall–Kier alpha value is -4.88. The van der Waals surface area contributed by atoms with Crippen molar-refractivity contribution in [3.8, 4) is 12.1 Å². The molecule has 4 aromatic rings. The molecule has 48 heavy (non-hydrogen) atoms. The second-order valence-electron chi connectivity index (χ2n) is 13.2. The predicted octanol–water partition coefficient (Wildman–Crippen LogP) is 5.72. The molecule has 7 rings (SSSR count). The molecule has 0 radical (unpaired) electrons. The summed E-state index contributed by atoms with van der Waals surface area (Å²) in [6, 6.07) is 25.3. The molecule has 0 spiro atoms. The normalized spacial score (nSPS) is 19.6. The molecule has 1 aromatic heterocycles. The molecule has 2 fully saturated rings. The lowest BCUT2D eigenvalue weighted by molar-refractivity contribution is 0.0767. The van der Waals surface area contributed by atoms with Crippen molar-refractivity contribution in [1.29, 1.82) is 5.26 Å². The zero-order valence-electron chi connectivity index (χ0n) is 27.8. The van der Waals surface area contributed by atoms with Crippen LogP contribution in [0.5, 0.6) is 6.01 Å². The molecule has 4 heterocycles. The zero-order chi connectivity index (χ0) is 33.0. The van der Waals surface area contributed by atoms with Crippen LogP contribution in [0, 0.1) is 18.3 Å². The topological polar surface area (TPSA) is 98.1 Å². The van der Waals surface area contributed by atoms with E-state index < -0.39 is 6.09 Å². The molecule has 0 bridgehead atoms. The van der Waals surface area contributed by atoms with Crippen LogP contribution in [0.3, 0.4) is 0 Å². The van der Waals surface area contributed by atoms with Crippen molar-refractivity contribution in [2.45, 2.75) is 57.8 Å². The number of benzene rings is 3. The van der Waals surface area contributed by atoms with Gasteiger partial charge in [0.05, 0.1) is 30.8 Å². The van der Waals surface area contributed by atoms with Crippen LogP contribution >= 0.6 is 0 Å². The third kappa shape index (κ3) is 6.60. The van der Waals surface area contributed by atoms with Gasteiger partial charge in [-0.2, -0.15) is 15.2 Å². The molecule has 3 aliphatic rings. The molecule has 0 saturated carbocycles. The van der Waals surface area contributed by atoms with Crippen LogP contribution in [0.2, 0.25) is 0 Å². The number of piperazine rings is 1. The van der Waals surface area contributed by atoms with Gasteiger partial charge in [0.25, 0.3) is 0 Å². The first-order valence-corrected chi connectivity index (χ1v) is 17.0. The van der Waals surface area contributed by atoms with Gasteiger partial charge in [0.15, 0.2) is 0 Å². The highest BCUT2D eigenvalue weighted by molar-refractivity contribution is 5.97. The summed E-state index contributed by atoms with van der Waals surface area (Å²) in [5.41, 5.74) is 5.48. The van der Waals surface area contributed by atoms with Gasteiger partial charge in [-0.1, -0.05) is 60.7 Å². The summed E-state index contributed by atoms with van der Waals surface area (Å²) in [7, 11) is 2.14. The molecule has 10 nitrogen and oxygen atoms in total. The first-order valence-electron chi connectivity index (χ1n) is 17.0. The summed E-state index contributed by atoms with van der Waals surface area (Å²) >= 11 is 0. The number of likely N-dealkylation sites (tertiary alicyclic amines) is 1. The minimum atomic E-state index is -0.394. The van der Waals surface area contributed by atoms with Crippen LogP contribution < -0.4 is 14.5 Å². The summed E-state index contributed by atoms with van der Waals surface area (Å²) in [5, 5.41) is 12.2. The second kappa shape index (κ2) is 14.1. The number of rotatable bonds is 8. The summed E-state index contributed by atoms with van der Waals surface area (Å²) < 4.78 is 12.0. The van der Waals surface area contributed by atoms with E-state index in [0.29, 0.717) is 44.8 Å². The molecule has 10 heteroatoms. The highest BCUT2D eigenvalue weighted by Crippen LogP contribution is 2.36. The molecule has 1 amide bonds. The van der Waals surface area contributed by atoms with Crippen molar-refractivity contribution in [3.63, 3.8) is 0 Å². The third-order valence-corrected chi connectivity index (χ3v) is 10.1. The number of likely N-dealkylation sites (N-methyl/N-ethyl adjacent to an activating group) is 1. The summed E-state index contributed by atoms with van der Waals surface area (Å²) in [5.74, 6) is 0.851. The Morgan fingerprint density at radius 1 is 0.958 bits per heavy atom. The third-order valence-electron chi connectivity index (χ3n) is 10.1. The first-order chi connectivity index (χ1) is 23.5. The van der Waals surface area contributed by atoms with E-state index in [1.807, 2.05) is 30.3 Å². The number of amides is 1. The van der Waals surface area contributed by atoms with Crippen molar-refractivity contribution in [2.24, 2.45) is 0 Å². The van der Waals surface area contributed by atoms with Crippen molar-refractivity contribution in [1.82, 2.24) is 19.8 Å². The fourth-order valence-corrected chi connectivity index (χ4v) is 7.42. The van der Waals surface area contributed by atoms with Crippen LogP contribution in [-0.2, 0) is 24.3 Å². The number of anilines is 2. The van der Waals surface area contributed by atoms with Crippen molar-refractivity contribution in [2.75, 3.05) is 56.2 Å².